The minimum atomic E-state index is 0.706. The molecule has 0 amide bonds. The number of nitrogen functional groups attached to an aromatic ring is 1. The fourth-order valence-electron chi connectivity index (χ4n) is 2.25. The summed E-state index contributed by atoms with van der Waals surface area (Å²) in [7, 11) is 0. The van der Waals surface area contributed by atoms with Gasteiger partial charge in [0.25, 0.3) is 0 Å². The molecule has 0 bridgehead atoms. The van der Waals surface area contributed by atoms with Crippen molar-refractivity contribution in [1.29, 1.82) is 0 Å². The lowest BCUT2D eigenvalue weighted by Gasteiger charge is -2.07. The van der Waals surface area contributed by atoms with Crippen LogP contribution in [0.15, 0.2) is 24.3 Å². The Morgan fingerprint density at radius 1 is 1.36 bits per heavy atom. The van der Waals surface area contributed by atoms with Gasteiger partial charge in [-0.15, -0.1) is 0 Å². The third-order valence-corrected chi connectivity index (χ3v) is 3.00. The van der Waals surface area contributed by atoms with Crippen LogP contribution >= 0.6 is 0 Å². The molecule has 1 fully saturated rings. The number of benzene rings is 1. The lowest BCUT2D eigenvalue weighted by Crippen LogP contribution is -1.98. The molecule has 1 aromatic heterocycles. The van der Waals surface area contributed by atoms with Gasteiger partial charge in [0.2, 0.25) is 0 Å². The highest BCUT2D eigenvalue weighted by Gasteiger charge is 2.26. The van der Waals surface area contributed by atoms with E-state index in [9.17, 15) is 0 Å². The average molecular weight is 186 g/mol. The van der Waals surface area contributed by atoms with Crippen molar-refractivity contribution < 1.29 is 0 Å². The molecular weight excluding hydrogens is 172 g/mol. The zero-order valence-corrected chi connectivity index (χ0v) is 8.33. The van der Waals surface area contributed by atoms with Crippen LogP contribution < -0.4 is 5.73 Å². The van der Waals surface area contributed by atoms with E-state index in [2.05, 4.69) is 23.6 Å². The summed E-state index contributed by atoms with van der Waals surface area (Å²) in [4.78, 5) is 0. The fraction of sp³-hybridized carbons (Fsp3) is 0.333. The van der Waals surface area contributed by atoms with Crippen molar-refractivity contribution in [2.75, 3.05) is 5.73 Å². The number of para-hydroxylation sites is 1. The molecule has 0 aliphatic heterocycles. The molecule has 1 aromatic carbocycles. The topological polar surface area (TPSA) is 30.9 Å². The van der Waals surface area contributed by atoms with Crippen LogP contribution in [0, 0.1) is 6.92 Å². The number of rotatable bonds is 1. The summed E-state index contributed by atoms with van der Waals surface area (Å²) in [6.45, 7) is 2.16. The number of aromatic nitrogens is 1. The van der Waals surface area contributed by atoms with Crippen molar-refractivity contribution in [3.8, 4) is 0 Å². The molecule has 0 unspecified atom stereocenters. The molecule has 2 heteroatoms. The van der Waals surface area contributed by atoms with E-state index in [1.54, 1.807) is 0 Å². The highest BCUT2D eigenvalue weighted by atomic mass is 15.1. The summed E-state index contributed by atoms with van der Waals surface area (Å²) in [6, 6.07) is 9.08. The van der Waals surface area contributed by atoms with Gasteiger partial charge in [0, 0.05) is 17.1 Å². The first-order chi connectivity index (χ1) is 6.77. The standard InChI is InChI=1S/C12H14N2/c1-8-7-9-3-2-4-11(13)12(9)14(8)10-5-6-10/h2-4,7,10H,5-6,13H2,1H3. The Labute approximate surface area is 83.3 Å². The summed E-state index contributed by atoms with van der Waals surface area (Å²) in [5.74, 6) is 0. The van der Waals surface area contributed by atoms with E-state index < -0.39 is 0 Å². The normalized spacial score (nSPS) is 16.4. The van der Waals surface area contributed by atoms with E-state index in [0.29, 0.717) is 6.04 Å². The molecule has 1 aliphatic carbocycles. The number of anilines is 1. The molecular formula is C12H14N2. The van der Waals surface area contributed by atoms with Crippen molar-refractivity contribution in [3.05, 3.63) is 30.0 Å². The molecule has 1 saturated carbocycles. The molecule has 0 atom stereocenters. The van der Waals surface area contributed by atoms with Crippen molar-refractivity contribution >= 4 is 16.6 Å². The predicted molar refractivity (Wildman–Crippen MR) is 59.4 cm³/mol. The lowest BCUT2D eigenvalue weighted by atomic mass is 10.2. The SMILES string of the molecule is Cc1cc2cccc(N)c2n1C1CC1. The Balaban J connectivity index is 2.39. The van der Waals surface area contributed by atoms with Crippen LogP contribution in [-0.4, -0.2) is 4.57 Å². The average Bonchev–Trinajstić information content (AvgIpc) is 2.90. The number of nitrogens with zero attached hydrogens (tertiary/aromatic N) is 1. The summed E-state index contributed by atoms with van der Waals surface area (Å²) in [5, 5.41) is 1.27. The molecule has 2 N–H and O–H groups in total. The Morgan fingerprint density at radius 3 is 2.86 bits per heavy atom. The van der Waals surface area contributed by atoms with Crippen LogP contribution in [0.25, 0.3) is 10.9 Å². The number of fused-ring (bicyclic) bond motifs is 1. The van der Waals surface area contributed by atoms with Crippen LogP contribution in [-0.2, 0) is 0 Å². The summed E-state index contributed by atoms with van der Waals surface area (Å²) >= 11 is 0. The molecule has 2 nitrogen and oxygen atoms in total. The molecule has 72 valence electrons. The van der Waals surface area contributed by atoms with Gasteiger partial charge in [-0.2, -0.15) is 0 Å². The smallest absolute Gasteiger partial charge is 0.0718 e. The highest BCUT2D eigenvalue weighted by molar-refractivity contribution is 5.91. The Kier molecular flexibility index (Phi) is 1.43. The Morgan fingerprint density at radius 2 is 2.14 bits per heavy atom. The van der Waals surface area contributed by atoms with Gasteiger partial charge in [-0.3, -0.25) is 0 Å². The maximum atomic E-state index is 6.02. The molecule has 0 radical (unpaired) electrons. The van der Waals surface area contributed by atoms with E-state index in [0.717, 1.165) is 5.69 Å². The van der Waals surface area contributed by atoms with Gasteiger partial charge in [-0.1, -0.05) is 12.1 Å². The predicted octanol–water partition coefficient (Wildman–Crippen LogP) is 2.87. The van der Waals surface area contributed by atoms with E-state index in [-0.39, 0.29) is 0 Å². The van der Waals surface area contributed by atoms with Crippen LogP contribution in [0.4, 0.5) is 5.69 Å². The van der Waals surface area contributed by atoms with Crippen molar-refractivity contribution in [3.63, 3.8) is 0 Å². The first-order valence-corrected chi connectivity index (χ1v) is 5.13. The molecule has 1 aliphatic rings. The van der Waals surface area contributed by atoms with Crippen molar-refractivity contribution in [2.24, 2.45) is 0 Å². The minimum Gasteiger partial charge on any atom is -0.397 e. The third-order valence-electron chi connectivity index (χ3n) is 3.00. The highest BCUT2D eigenvalue weighted by Crippen LogP contribution is 2.40. The number of hydrogen-bond donors (Lipinski definition) is 1. The molecule has 2 aromatic rings. The van der Waals surface area contributed by atoms with Crippen LogP contribution in [0.2, 0.25) is 0 Å². The van der Waals surface area contributed by atoms with E-state index in [1.165, 1.54) is 29.4 Å². The van der Waals surface area contributed by atoms with Gasteiger partial charge in [-0.25, -0.2) is 0 Å². The fourth-order valence-corrected chi connectivity index (χ4v) is 2.25. The second kappa shape index (κ2) is 2.53. The largest absolute Gasteiger partial charge is 0.397 e. The zero-order chi connectivity index (χ0) is 9.71. The van der Waals surface area contributed by atoms with Gasteiger partial charge in [-0.05, 0) is 31.9 Å². The first kappa shape index (κ1) is 7.92. The molecule has 14 heavy (non-hydrogen) atoms. The van der Waals surface area contributed by atoms with Crippen molar-refractivity contribution in [1.82, 2.24) is 4.57 Å². The van der Waals surface area contributed by atoms with Gasteiger partial charge in [0.1, 0.15) is 0 Å². The van der Waals surface area contributed by atoms with E-state index in [1.807, 2.05) is 12.1 Å². The Bertz CT molecular complexity index is 492. The quantitative estimate of drug-likeness (QED) is 0.682. The molecule has 3 rings (SSSR count). The molecule has 0 spiro atoms. The van der Waals surface area contributed by atoms with Gasteiger partial charge in [0.05, 0.1) is 11.2 Å². The lowest BCUT2D eigenvalue weighted by molar-refractivity contribution is 0.750. The van der Waals surface area contributed by atoms with E-state index >= 15 is 0 Å². The number of aryl methyl sites for hydroxylation is 1. The second-order valence-corrected chi connectivity index (χ2v) is 4.17. The number of nitrogens with two attached hydrogens (primary N) is 1. The van der Waals surface area contributed by atoms with Crippen molar-refractivity contribution in [2.45, 2.75) is 25.8 Å². The molecule has 0 saturated heterocycles. The zero-order valence-electron chi connectivity index (χ0n) is 8.33. The van der Waals surface area contributed by atoms with Gasteiger partial charge in [0.15, 0.2) is 0 Å². The van der Waals surface area contributed by atoms with Crippen LogP contribution in [0.5, 0.6) is 0 Å². The van der Waals surface area contributed by atoms with Crippen LogP contribution in [0.3, 0.4) is 0 Å². The van der Waals surface area contributed by atoms with E-state index in [4.69, 9.17) is 5.73 Å². The summed E-state index contributed by atoms with van der Waals surface area (Å²) < 4.78 is 2.39. The minimum absolute atomic E-state index is 0.706. The third kappa shape index (κ3) is 0.969. The van der Waals surface area contributed by atoms with Gasteiger partial charge >= 0.3 is 0 Å². The first-order valence-electron chi connectivity index (χ1n) is 5.13. The summed E-state index contributed by atoms with van der Waals surface area (Å²) in [6.07, 6.45) is 2.61. The maximum Gasteiger partial charge on any atom is 0.0718 e. The number of hydrogen-bond acceptors (Lipinski definition) is 1. The second-order valence-electron chi connectivity index (χ2n) is 4.17. The Hall–Kier alpha value is -1.44. The summed E-state index contributed by atoms with van der Waals surface area (Å²) in [5.41, 5.74) is 9.48. The monoisotopic (exact) mass is 186 g/mol. The van der Waals surface area contributed by atoms with Gasteiger partial charge < -0.3 is 10.3 Å². The maximum absolute atomic E-state index is 6.02. The van der Waals surface area contributed by atoms with Crippen LogP contribution in [0.1, 0.15) is 24.6 Å². The molecule has 1 heterocycles.